The molecular weight excluding hydrogens is 488 g/mol. The van der Waals surface area contributed by atoms with Crippen LogP contribution in [0.1, 0.15) is 74.1 Å². The number of ketones is 2. The van der Waals surface area contributed by atoms with Crippen LogP contribution in [0.4, 0.5) is 0 Å². The Balaban J connectivity index is 0.000000436. The number of ether oxygens (including phenoxy) is 3. The van der Waals surface area contributed by atoms with E-state index in [9.17, 15) is 24.6 Å². The fraction of sp³-hybridized carbons (Fsp3) is 0.767. The number of Topliss-reactive ketones (excluding diaryl/α,β-unsaturated/α-hetero) is 1. The number of esters is 1. The molecule has 4 aliphatic carbocycles. The van der Waals surface area contributed by atoms with Gasteiger partial charge in [-0.25, -0.2) is 0 Å². The topological polar surface area (TPSA) is 119 Å². The minimum atomic E-state index is -1.61. The number of carbonyl (C=O) groups is 3. The smallest absolute Gasteiger partial charge is 0.303 e. The van der Waals surface area contributed by atoms with Gasteiger partial charge in [0.2, 0.25) is 5.78 Å². The standard InChI is InChI=1S/C24H32O6.C6H14O2/c1-13-9-16-17-6-8-24(29,20(28)12-30-14(2)25)23(17,4)11-19(27)21(16)22(3)7-5-15(26)10-18(13)22;1-4-7-6(3)8-5-2/h5,7,10,13,16-17,19,21,27,29H,6,8-9,11-12H2,1-4H3;6H,4-5H2,1-3H3/t13-,16-,17-,19-,21+,22-,23-,24-;/m0./s1. The Morgan fingerprint density at radius 3 is 2.39 bits per heavy atom. The lowest BCUT2D eigenvalue weighted by Crippen LogP contribution is -2.62. The molecule has 0 saturated heterocycles. The Labute approximate surface area is 226 Å². The largest absolute Gasteiger partial charge is 0.458 e. The van der Waals surface area contributed by atoms with Gasteiger partial charge in [-0.2, -0.15) is 0 Å². The van der Waals surface area contributed by atoms with Crippen molar-refractivity contribution in [3.8, 4) is 0 Å². The summed E-state index contributed by atoms with van der Waals surface area (Å²) in [5, 5.41) is 22.9. The number of allylic oxidation sites excluding steroid dienone is 4. The van der Waals surface area contributed by atoms with Gasteiger partial charge < -0.3 is 24.4 Å². The summed E-state index contributed by atoms with van der Waals surface area (Å²) >= 11 is 0. The van der Waals surface area contributed by atoms with Gasteiger partial charge in [0.05, 0.1) is 6.10 Å². The third-order valence-corrected chi connectivity index (χ3v) is 9.64. The lowest BCUT2D eigenvalue weighted by atomic mass is 9.45. The maximum Gasteiger partial charge on any atom is 0.303 e. The van der Waals surface area contributed by atoms with Crippen LogP contribution in [0.15, 0.2) is 23.8 Å². The van der Waals surface area contributed by atoms with Crippen molar-refractivity contribution in [3.63, 3.8) is 0 Å². The summed E-state index contributed by atoms with van der Waals surface area (Å²) in [5.74, 6) is -0.712. The number of rotatable bonds is 7. The summed E-state index contributed by atoms with van der Waals surface area (Å²) in [4.78, 5) is 36.1. The second-order valence-corrected chi connectivity index (χ2v) is 11.8. The fourth-order valence-electron chi connectivity index (χ4n) is 8.02. The molecule has 0 unspecified atom stereocenters. The summed E-state index contributed by atoms with van der Waals surface area (Å²) < 4.78 is 15.0. The van der Waals surface area contributed by atoms with E-state index < -0.39 is 40.9 Å². The van der Waals surface area contributed by atoms with Gasteiger partial charge in [-0.15, -0.1) is 0 Å². The van der Waals surface area contributed by atoms with E-state index in [1.165, 1.54) is 6.92 Å². The van der Waals surface area contributed by atoms with E-state index in [0.29, 0.717) is 19.3 Å². The quantitative estimate of drug-likeness (QED) is 0.374. The average Bonchev–Trinajstić information content (AvgIpc) is 3.10. The Morgan fingerprint density at radius 2 is 1.82 bits per heavy atom. The highest BCUT2D eigenvalue weighted by Crippen LogP contribution is 2.67. The molecule has 0 spiro atoms. The third-order valence-electron chi connectivity index (χ3n) is 9.64. The van der Waals surface area contributed by atoms with Gasteiger partial charge in [0.25, 0.3) is 0 Å². The first kappa shape index (κ1) is 30.7. The first-order valence-corrected chi connectivity index (χ1v) is 14.0. The van der Waals surface area contributed by atoms with Crippen molar-refractivity contribution in [2.75, 3.05) is 19.8 Å². The molecule has 0 heterocycles. The van der Waals surface area contributed by atoms with Crippen LogP contribution < -0.4 is 0 Å². The van der Waals surface area contributed by atoms with Gasteiger partial charge in [0, 0.05) is 36.9 Å². The predicted molar refractivity (Wildman–Crippen MR) is 142 cm³/mol. The van der Waals surface area contributed by atoms with Gasteiger partial charge in [-0.1, -0.05) is 32.4 Å². The SMILES string of the molecule is CC(=O)OCC(=O)[C@@]1(O)CC[C@H]2[C@@H]3C[C@H](C)C4=CC(=O)C=C[C@]4(C)[C@H]3[C@@H](O)C[C@@]21C.CCOC(C)OCC. The van der Waals surface area contributed by atoms with Crippen LogP contribution in [-0.2, 0) is 28.6 Å². The highest BCUT2D eigenvalue weighted by molar-refractivity contribution is 6.01. The van der Waals surface area contributed by atoms with Crippen molar-refractivity contribution < 1.29 is 38.8 Å². The molecule has 0 radical (unpaired) electrons. The molecule has 214 valence electrons. The minimum Gasteiger partial charge on any atom is -0.458 e. The van der Waals surface area contributed by atoms with Crippen LogP contribution in [0.2, 0.25) is 0 Å². The summed E-state index contributed by atoms with van der Waals surface area (Å²) in [6.07, 6.45) is 6.67. The maximum atomic E-state index is 12.9. The molecule has 3 saturated carbocycles. The first-order chi connectivity index (χ1) is 17.7. The molecule has 0 bridgehead atoms. The number of fused-ring (bicyclic) bond motifs is 5. The molecule has 4 aliphatic rings. The Hall–Kier alpha value is -1.87. The number of aliphatic hydroxyl groups excluding tert-OH is 1. The number of hydrogen-bond acceptors (Lipinski definition) is 8. The van der Waals surface area contributed by atoms with Crippen LogP contribution in [0.3, 0.4) is 0 Å². The van der Waals surface area contributed by atoms with Gasteiger partial charge >= 0.3 is 5.97 Å². The normalized spacial score (nSPS) is 39.4. The highest BCUT2D eigenvalue weighted by atomic mass is 16.7. The van der Waals surface area contributed by atoms with Crippen LogP contribution >= 0.6 is 0 Å². The monoisotopic (exact) mass is 534 g/mol. The lowest BCUT2D eigenvalue weighted by Gasteiger charge is -2.60. The lowest BCUT2D eigenvalue weighted by molar-refractivity contribution is -0.182. The van der Waals surface area contributed by atoms with E-state index in [2.05, 4.69) is 13.8 Å². The van der Waals surface area contributed by atoms with Gasteiger partial charge in [-0.05, 0) is 76.4 Å². The molecule has 4 rings (SSSR count). The summed E-state index contributed by atoms with van der Waals surface area (Å²) in [7, 11) is 0. The van der Waals surface area contributed by atoms with Gasteiger partial charge in [-0.3, -0.25) is 14.4 Å². The molecule has 38 heavy (non-hydrogen) atoms. The van der Waals surface area contributed by atoms with E-state index in [1.807, 2.05) is 33.8 Å². The molecule has 0 aromatic carbocycles. The Kier molecular flexibility index (Phi) is 9.45. The van der Waals surface area contributed by atoms with Crippen molar-refractivity contribution in [3.05, 3.63) is 23.8 Å². The van der Waals surface area contributed by atoms with E-state index >= 15 is 0 Å². The zero-order valence-electron chi connectivity index (χ0n) is 24.0. The molecule has 0 amide bonds. The number of aliphatic hydroxyl groups is 2. The second kappa shape index (κ2) is 11.7. The Morgan fingerprint density at radius 1 is 1.18 bits per heavy atom. The molecule has 8 atom stereocenters. The fourth-order valence-corrected chi connectivity index (χ4v) is 8.02. The zero-order chi connectivity index (χ0) is 28.5. The van der Waals surface area contributed by atoms with Crippen LogP contribution in [-0.4, -0.2) is 65.6 Å². The maximum absolute atomic E-state index is 12.9. The molecular formula is C30H46O8. The average molecular weight is 535 g/mol. The van der Waals surface area contributed by atoms with E-state index in [-0.39, 0.29) is 35.7 Å². The van der Waals surface area contributed by atoms with Crippen LogP contribution in [0.25, 0.3) is 0 Å². The summed E-state index contributed by atoms with van der Waals surface area (Å²) in [5.41, 5.74) is -1.72. The van der Waals surface area contributed by atoms with Crippen molar-refractivity contribution in [2.24, 2.45) is 34.5 Å². The van der Waals surface area contributed by atoms with Crippen LogP contribution in [0, 0.1) is 34.5 Å². The minimum absolute atomic E-state index is 0.00535. The molecule has 0 aromatic heterocycles. The summed E-state index contributed by atoms with van der Waals surface area (Å²) in [6, 6.07) is 0. The molecule has 0 aliphatic heterocycles. The van der Waals surface area contributed by atoms with E-state index in [0.717, 1.165) is 25.2 Å². The molecule has 8 nitrogen and oxygen atoms in total. The number of carbonyl (C=O) groups excluding carboxylic acids is 3. The summed E-state index contributed by atoms with van der Waals surface area (Å²) in [6.45, 7) is 14.2. The van der Waals surface area contributed by atoms with Crippen LogP contribution in [0.5, 0.6) is 0 Å². The predicted octanol–water partition coefficient (Wildman–Crippen LogP) is 3.78. The Bertz CT molecular complexity index is 965. The number of hydrogen-bond donors (Lipinski definition) is 2. The second-order valence-electron chi connectivity index (χ2n) is 11.8. The van der Waals surface area contributed by atoms with Gasteiger partial charge in [0.1, 0.15) is 5.60 Å². The highest BCUT2D eigenvalue weighted by Gasteiger charge is 2.68. The third kappa shape index (κ3) is 5.42. The molecule has 3 fully saturated rings. The van der Waals surface area contributed by atoms with Crippen molar-refractivity contribution >= 4 is 17.5 Å². The van der Waals surface area contributed by atoms with E-state index in [1.54, 1.807) is 12.2 Å². The van der Waals surface area contributed by atoms with Crippen molar-refractivity contribution in [2.45, 2.75) is 92.1 Å². The van der Waals surface area contributed by atoms with Crippen molar-refractivity contribution in [1.82, 2.24) is 0 Å². The van der Waals surface area contributed by atoms with Crippen molar-refractivity contribution in [1.29, 1.82) is 0 Å². The molecule has 2 N–H and O–H groups in total. The molecule has 0 aromatic rings. The first-order valence-electron chi connectivity index (χ1n) is 14.0. The molecule has 8 heteroatoms. The zero-order valence-corrected chi connectivity index (χ0v) is 24.0. The van der Waals surface area contributed by atoms with Gasteiger partial charge in [0.15, 0.2) is 18.7 Å². The van der Waals surface area contributed by atoms with E-state index in [4.69, 9.17) is 14.2 Å².